The second-order valence-corrected chi connectivity index (χ2v) is 12.7. The molecule has 0 aromatic rings. The molecule has 1 N–H and O–H groups in total. The molecule has 0 amide bonds. The predicted octanol–water partition coefficient (Wildman–Crippen LogP) is 7.06. The lowest BCUT2D eigenvalue weighted by atomic mass is 10.0. The Labute approximate surface area is 209 Å². The molecule has 2 atom stereocenters. The van der Waals surface area contributed by atoms with Gasteiger partial charge in [0.15, 0.2) is 0 Å². The minimum absolute atomic E-state index is 0.0698. The standard InChI is InChI=1S/C25H54NO5PS/c1-6-7-8-9-10-11-12-13-14-15-16-17-18-19-22-33-24-25(29-5)23-31-32(27,28)30-21-20-26(2,3)4/h25H,6-24H2,1-5H3/p+1/t25-/m1/s1. The number of ether oxygens (including phenoxy) is 1. The van der Waals surface area contributed by atoms with Crippen molar-refractivity contribution in [1.82, 2.24) is 0 Å². The highest BCUT2D eigenvalue weighted by atomic mass is 32.2. The number of likely N-dealkylation sites (N-methyl/N-ethyl adjacent to an activating group) is 1. The van der Waals surface area contributed by atoms with Gasteiger partial charge in [-0.3, -0.25) is 9.05 Å². The third-order valence-corrected chi connectivity index (χ3v) is 7.89. The van der Waals surface area contributed by atoms with Crippen molar-refractivity contribution in [3.8, 4) is 0 Å². The van der Waals surface area contributed by atoms with Gasteiger partial charge in [0.25, 0.3) is 0 Å². The first-order valence-electron chi connectivity index (χ1n) is 13.2. The number of methoxy groups -OCH3 is 1. The highest BCUT2D eigenvalue weighted by Gasteiger charge is 2.24. The highest BCUT2D eigenvalue weighted by molar-refractivity contribution is 7.99. The molecule has 0 aliphatic heterocycles. The fraction of sp³-hybridized carbons (Fsp3) is 1.00. The summed E-state index contributed by atoms with van der Waals surface area (Å²) < 4.78 is 28.2. The van der Waals surface area contributed by atoms with Crippen molar-refractivity contribution in [3.05, 3.63) is 0 Å². The Morgan fingerprint density at radius 2 is 1.30 bits per heavy atom. The molecule has 0 saturated carbocycles. The van der Waals surface area contributed by atoms with E-state index in [1.165, 1.54) is 89.9 Å². The molecule has 0 spiro atoms. The van der Waals surface area contributed by atoms with E-state index in [1.807, 2.05) is 32.9 Å². The zero-order valence-corrected chi connectivity index (χ0v) is 24.1. The van der Waals surface area contributed by atoms with Crippen LogP contribution in [0, 0.1) is 0 Å². The van der Waals surface area contributed by atoms with Crippen LogP contribution in [0.15, 0.2) is 0 Å². The summed E-state index contributed by atoms with van der Waals surface area (Å²) in [5.74, 6) is 1.85. The molecule has 1 unspecified atom stereocenters. The van der Waals surface area contributed by atoms with E-state index in [-0.39, 0.29) is 19.3 Å². The van der Waals surface area contributed by atoms with Crippen LogP contribution in [0.1, 0.15) is 96.8 Å². The van der Waals surface area contributed by atoms with Gasteiger partial charge in [-0.1, -0.05) is 90.4 Å². The molecular formula is C25H55NO5PS+. The van der Waals surface area contributed by atoms with E-state index in [9.17, 15) is 9.46 Å². The molecule has 8 heteroatoms. The molecule has 0 aliphatic rings. The third-order valence-electron chi connectivity index (χ3n) is 5.72. The van der Waals surface area contributed by atoms with Gasteiger partial charge in [-0.2, -0.15) is 11.8 Å². The summed E-state index contributed by atoms with van der Waals surface area (Å²) in [6.07, 6.45) is 19.0. The Balaban J connectivity index is 3.53. The number of phosphoric acid groups is 1. The van der Waals surface area contributed by atoms with Crippen LogP contribution in [0.25, 0.3) is 0 Å². The van der Waals surface area contributed by atoms with E-state index in [0.29, 0.717) is 11.0 Å². The summed E-state index contributed by atoms with van der Waals surface area (Å²) in [6, 6.07) is 0. The van der Waals surface area contributed by atoms with Crippen LogP contribution in [-0.4, -0.2) is 75.0 Å². The van der Waals surface area contributed by atoms with Gasteiger partial charge in [0.05, 0.1) is 33.9 Å². The Kier molecular flexibility index (Phi) is 21.9. The summed E-state index contributed by atoms with van der Waals surface area (Å²) in [5, 5.41) is 0. The third kappa shape index (κ3) is 25.3. The van der Waals surface area contributed by atoms with Crippen molar-refractivity contribution >= 4 is 19.6 Å². The number of hydrogen-bond donors (Lipinski definition) is 1. The van der Waals surface area contributed by atoms with Crippen LogP contribution < -0.4 is 0 Å². The Morgan fingerprint density at radius 1 is 0.818 bits per heavy atom. The smallest absolute Gasteiger partial charge is 0.378 e. The Hall–Kier alpha value is 0.380. The van der Waals surface area contributed by atoms with Gasteiger partial charge in [-0.05, 0) is 12.2 Å². The quantitative estimate of drug-likeness (QED) is 0.0803. The Bertz CT molecular complexity index is 476. The van der Waals surface area contributed by atoms with Gasteiger partial charge >= 0.3 is 7.82 Å². The molecule has 0 aromatic heterocycles. The molecule has 0 heterocycles. The number of hydrogen-bond acceptors (Lipinski definition) is 5. The van der Waals surface area contributed by atoms with Gasteiger partial charge in [0.2, 0.25) is 0 Å². The maximum Gasteiger partial charge on any atom is 0.472 e. The van der Waals surface area contributed by atoms with E-state index in [1.54, 1.807) is 7.11 Å². The number of unbranched alkanes of at least 4 members (excludes halogenated alkanes) is 13. The van der Waals surface area contributed by atoms with Crippen molar-refractivity contribution in [2.45, 2.75) is 103 Å². The number of quaternary nitrogens is 1. The zero-order valence-electron chi connectivity index (χ0n) is 22.4. The summed E-state index contributed by atoms with van der Waals surface area (Å²) in [6.45, 7) is 3.16. The van der Waals surface area contributed by atoms with Crippen molar-refractivity contribution < 1.29 is 27.7 Å². The average Bonchev–Trinajstić information content (AvgIpc) is 2.74. The molecule has 6 nitrogen and oxygen atoms in total. The van der Waals surface area contributed by atoms with Crippen LogP contribution >= 0.6 is 19.6 Å². The van der Waals surface area contributed by atoms with Crippen molar-refractivity contribution in [2.24, 2.45) is 0 Å². The summed E-state index contributed by atoms with van der Waals surface area (Å²) in [4.78, 5) is 9.81. The van der Waals surface area contributed by atoms with Gasteiger partial charge < -0.3 is 14.1 Å². The number of phosphoric ester groups is 1. The molecule has 0 bridgehead atoms. The van der Waals surface area contributed by atoms with E-state index >= 15 is 0 Å². The van der Waals surface area contributed by atoms with Crippen LogP contribution in [0.2, 0.25) is 0 Å². The van der Waals surface area contributed by atoms with Crippen molar-refractivity contribution in [1.29, 1.82) is 0 Å². The molecular weight excluding hydrogens is 457 g/mol. The monoisotopic (exact) mass is 512 g/mol. The van der Waals surface area contributed by atoms with E-state index in [4.69, 9.17) is 13.8 Å². The first kappa shape index (κ1) is 33.4. The number of rotatable bonds is 25. The van der Waals surface area contributed by atoms with Crippen LogP contribution in [0.4, 0.5) is 0 Å². The topological polar surface area (TPSA) is 65.0 Å². The maximum atomic E-state index is 12.0. The van der Waals surface area contributed by atoms with Gasteiger partial charge in [-0.15, -0.1) is 0 Å². The number of thioether (sulfide) groups is 1. The lowest BCUT2D eigenvalue weighted by Gasteiger charge is -2.24. The van der Waals surface area contributed by atoms with Crippen LogP contribution in [-0.2, 0) is 18.3 Å². The van der Waals surface area contributed by atoms with Gasteiger partial charge in [0.1, 0.15) is 13.2 Å². The van der Waals surface area contributed by atoms with Crippen molar-refractivity contribution in [3.63, 3.8) is 0 Å². The zero-order chi connectivity index (χ0) is 24.8. The molecule has 0 aromatic carbocycles. The Morgan fingerprint density at radius 3 is 1.76 bits per heavy atom. The SMILES string of the molecule is CCCCCCCCCCCCCCCCSC[C@@H](COP(=O)(O)OCC[N+](C)(C)C)OC. The minimum atomic E-state index is -4.02. The lowest BCUT2D eigenvalue weighted by molar-refractivity contribution is -0.870. The van der Waals surface area contributed by atoms with Gasteiger partial charge in [-0.25, -0.2) is 4.57 Å². The first-order chi connectivity index (χ1) is 15.7. The molecule has 33 heavy (non-hydrogen) atoms. The fourth-order valence-corrected chi connectivity index (χ4v) is 5.25. The van der Waals surface area contributed by atoms with Crippen LogP contribution in [0.5, 0.6) is 0 Å². The first-order valence-corrected chi connectivity index (χ1v) is 15.9. The largest absolute Gasteiger partial charge is 0.472 e. The van der Waals surface area contributed by atoms with Crippen LogP contribution in [0.3, 0.4) is 0 Å². The van der Waals surface area contributed by atoms with E-state index < -0.39 is 7.82 Å². The van der Waals surface area contributed by atoms with E-state index in [0.717, 1.165) is 11.5 Å². The normalized spacial score (nSPS) is 15.0. The lowest BCUT2D eigenvalue weighted by Crippen LogP contribution is -2.37. The molecule has 0 rings (SSSR count). The summed E-state index contributed by atoms with van der Waals surface area (Å²) >= 11 is 1.82. The second kappa shape index (κ2) is 21.6. The number of nitrogens with zero attached hydrogens (tertiary/aromatic N) is 1. The minimum Gasteiger partial charge on any atom is -0.378 e. The predicted molar refractivity (Wildman–Crippen MR) is 143 cm³/mol. The molecule has 0 aliphatic carbocycles. The van der Waals surface area contributed by atoms with Crippen molar-refractivity contribution in [2.75, 3.05) is 59.5 Å². The molecule has 0 saturated heterocycles. The second-order valence-electron chi connectivity index (χ2n) is 10.1. The fourth-order valence-electron chi connectivity index (χ4n) is 3.44. The van der Waals surface area contributed by atoms with E-state index in [2.05, 4.69) is 6.92 Å². The molecule has 0 fully saturated rings. The molecule has 200 valence electrons. The summed E-state index contributed by atoms with van der Waals surface area (Å²) in [5.41, 5.74) is 0. The summed E-state index contributed by atoms with van der Waals surface area (Å²) in [7, 11) is 3.60. The van der Waals surface area contributed by atoms with Gasteiger partial charge in [0, 0.05) is 12.9 Å². The maximum absolute atomic E-state index is 12.0. The molecule has 0 radical (unpaired) electrons. The average molecular weight is 513 g/mol. The highest BCUT2D eigenvalue weighted by Crippen LogP contribution is 2.43.